The van der Waals surface area contributed by atoms with Crippen molar-refractivity contribution in [2.45, 2.75) is 0 Å². The molecular formula is C9H5BClN. The van der Waals surface area contributed by atoms with Crippen molar-refractivity contribution in [3.63, 3.8) is 0 Å². The van der Waals surface area contributed by atoms with Gasteiger partial charge < -0.3 is 0 Å². The second-order valence-corrected chi connectivity index (χ2v) is 2.98. The molecule has 0 unspecified atom stereocenters. The van der Waals surface area contributed by atoms with Gasteiger partial charge >= 0.3 is 0 Å². The molecule has 0 fully saturated rings. The maximum atomic E-state index is 5.93. The molecule has 2 rings (SSSR count). The summed E-state index contributed by atoms with van der Waals surface area (Å²) in [6, 6.07) is 7.25. The fourth-order valence-electron chi connectivity index (χ4n) is 1.13. The third-order valence-corrected chi connectivity index (χ3v) is 2.04. The second-order valence-electron chi connectivity index (χ2n) is 2.57. The first-order chi connectivity index (χ1) is 5.77. The Hall–Kier alpha value is -1.02. The van der Waals surface area contributed by atoms with E-state index in [9.17, 15) is 0 Å². The van der Waals surface area contributed by atoms with Gasteiger partial charge in [0.25, 0.3) is 0 Å². The van der Waals surface area contributed by atoms with E-state index in [1.807, 2.05) is 18.2 Å². The van der Waals surface area contributed by atoms with Crippen LogP contribution in [0.5, 0.6) is 0 Å². The number of aromatic nitrogens is 1. The third kappa shape index (κ3) is 1.19. The molecule has 0 spiro atoms. The van der Waals surface area contributed by atoms with Crippen molar-refractivity contribution in [3.8, 4) is 0 Å². The van der Waals surface area contributed by atoms with Crippen LogP contribution in [0.4, 0.5) is 0 Å². The molecule has 1 heterocycles. The molecule has 0 amide bonds. The lowest BCUT2D eigenvalue weighted by Gasteiger charge is -1.99. The Morgan fingerprint density at radius 2 is 2.08 bits per heavy atom. The highest BCUT2D eigenvalue weighted by Crippen LogP contribution is 2.19. The maximum absolute atomic E-state index is 5.93. The highest BCUT2D eigenvalue weighted by atomic mass is 35.5. The Balaban J connectivity index is 2.88. The van der Waals surface area contributed by atoms with Crippen molar-refractivity contribution < 1.29 is 0 Å². The van der Waals surface area contributed by atoms with Crippen molar-refractivity contribution in [2.24, 2.45) is 0 Å². The third-order valence-electron chi connectivity index (χ3n) is 1.71. The van der Waals surface area contributed by atoms with Crippen LogP contribution in [-0.2, 0) is 0 Å². The summed E-state index contributed by atoms with van der Waals surface area (Å²) in [6.45, 7) is 0. The molecule has 1 aromatic heterocycles. The van der Waals surface area contributed by atoms with Crippen LogP contribution >= 0.6 is 11.6 Å². The molecule has 0 atom stereocenters. The van der Waals surface area contributed by atoms with Gasteiger partial charge in [0.15, 0.2) is 0 Å². The molecule has 56 valence electrons. The molecule has 0 aliphatic carbocycles. The predicted octanol–water partition coefficient (Wildman–Crippen LogP) is 1.68. The molecular weight excluding hydrogens is 168 g/mol. The first-order valence-electron chi connectivity index (χ1n) is 3.57. The summed E-state index contributed by atoms with van der Waals surface area (Å²) in [6.07, 6.45) is 1.68. The smallest absolute Gasteiger partial charge is 0.113 e. The molecule has 0 aliphatic heterocycles. The molecule has 1 aromatic carbocycles. The average Bonchev–Trinajstić information content (AvgIpc) is 2.07. The summed E-state index contributed by atoms with van der Waals surface area (Å²) in [5, 5.41) is 1.59. The van der Waals surface area contributed by atoms with Gasteiger partial charge in [-0.05, 0) is 12.1 Å². The van der Waals surface area contributed by atoms with Crippen LogP contribution in [-0.4, -0.2) is 12.8 Å². The lowest BCUT2D eigenvalue weighted by molar-refractivity contribution is 1.42. The van der Waals surface area contributed by atoms with Crippen LogP contribution in [0.2, 0.25) is 5.02 Å². The molecule has 0 saturated heterocycles. The molecule has 12 heavy (non-hydrogen) atoms. The van der Waals surface area contributed by atoms with Gasteiger partial charge in [-0.25, -0.2) is 0 Å². The van der Waals surface area contributed by atoms with Gasteiger partial charge in [0.2, 0.25) is 0 Å². The van der Waals surface area contributed by atoms with Crippen molar-refractivity contribution in [1.29, 1.82) is 0 Å². The van der Waals surface area contributed by atoms with E-state index in [-0.39, 0.29) is 0 Å². The van der Waals surface area contributed by atoms with Crippen LogP contribution < -0.4 is 5.46 Å². The standard InChI is InChI=1S/C9H5BClN/c10-6-1-2-9-7(5-6)8(11)3-4-12-9/h1-5H. The van der Waals surface area contributed by atoms with Crippen LogP contribution in [0.15, 0.2) is 30.5 Å². The minimum Gasteiger partial charge on any atom is -0.256 e. The largest absolute Gasteiger partial charge is 0.256 e. The maximum Gasteiger partial charge on any atom is 0.113 e. The number of rotatable bonds is 0. The lowest BCUT2D eigenvalue weighted by atomic mass is 9.95. The Bertz CT molecular complexity index is 428. The van der Waals surface area contributed by atoms with Gasteiger partial charge in [-0.2, -0.15) is 0 Å². The van der Waals surface area contributed by atoms with Crippen LogP contribution in [0.25, 0.3) is 10.9 Å². The molecule has 0 N–H and O–H groups in total. The van der Waals surface area contributed by atoms with E-state index in [1.54, 1.807) is 12.3 Å². The minimum atomic E-state index is 0.687. The summed E-state index contributed by atoms with van der Waals surface area (Å²) in [7, 11) is 5.61. The zero-order chi connectivity index (χ0) is 8.55. The number of hydrogen-bond donors (Lipinski definition) is 0. The van der Waals surface area contributed by atoms with Gasteiger partial charge in [-0.3, -0.25) is 4.98 Å². The van der Waals surface area contributed by atoms with Crippen molar-refractivity contribution in [2.75, 3.05) is 0 Å². The molecule has 2 radical (unpaired) electrons. The van der Waals surface area contributed by atoms with Gasteiger partial charge in [-0.1, -0.05) is 29.2 Å². The first kappa shape index (κ1) is 7.62. The Labute approximate surface area is 76.8 Å². The van der Waals surface area contributed by atoms with E-state index in [0.717, 1.165) is 10.9 Å². The van der Waals surface area contributed by atoms with Gasteiger partial charge in [-0.15, -0.1) is 0 Å². The van der Waals surface area contributed by atoms with E-state index in [0.29, 0.717) is 10.5 Å². The number of nitrogens with zero attached hydrogens (tertiary/aromatic N) is 1. The second kappa shape index (κ2) is 2.79. The van der Waals surface area contributed by atoms with Crippen molar-refractivity contribution in [3.05, 3.63) is 35.5 Å². The van der Waals surface area contributed by atoms with E-state index in [1.165, 1.54) is 0 Å². The molecule has 0 bridgehead atoms. The number of fused-ring (bicyclic) bond motifs is 1. The fourth-order valence-corrected chi connectivity index (χ4v) is 1.34. The number of benzene rings is 1. The van der Waals surface area contributed by atoms with Gasteiger partial charge in [0.1, 0.15) is 7.85 Å². The Morgan fingerprint density at radius 1 is 1.25 bits per heavy atom. The first-order valence-corrected chi connectivity index (χ1v) is 3.95. The van der Waals surface area contributed by atoms with Gasteiger partial charge in [0.05, 0.1) is 10.5 Å². The van der Waals surface area contributed by atoms with E-state index in [2.05, 4.69) is 4.98 Å². The normalized spacial score (nSPS) is 10.4. The van der Waals surface area contributed by atoms with Crippen LogP contribution in [0.1, 0.15) is 0 Å². The zero-order valence-electron chi connectivity index (χ0n) is 6.29. The van der Waals surface area contributed by atoms with Crippen LogP contribution in [0, 0.1) is 0 Å². The molecule has 0 aliphatic rings. The van der Waals surface area contributed by atoms with E-state index in [4.69, 9.17) is 19.4 Å². The molecule has 1 nitrogen and oxygen atoms in total. The Kier molecular flexibility index (Phi) is 1.78. The van der Waals surface area contributed by atoms with Crippen LogP contribution in [0.3, 0.4) is 0 Å². The van der Waals surface area contributed by atoms with Crippen molar-refractivity contribution >= 4 is 35.8 Å². The van der Waals surface area contributed by atoms with Crippen molar-refractivity contribution in [1.82, 2.24) is 4.98 Å². The summed E-state index contributed by atoms with van der Waals surface area (Å²) in [5.41, 5.74) is 1.58. The SMILES string of the molecule is [B]c1ccc2nccc(Cl)c2c1. The summed E-state index contributed by atoms with van der Waals surface area (Å²) in [4.78, 5) is 4.14. The quantitative estimate of drug-likeness (QED) is 0.553. The minimum absolute atomic E-state index is 0.687. The van der Waals surface area contributed by atoms with Gasteiger partial charge in [0, 0.05) is 11.6 Å². The number of halogens is 1. The average molecular weight is 173 g/mol. The predicted molar refractivity (Wildman–Crippen MR) is 52.1 cm³/mol. The highest BCUT2D eigenvalue weighted by molar-refractivity contribution is 6.37. The molecule has 2 aromatic rings. The summed E-state index contributed by atoms with van der Waals surface area (Å²) >= 11 is 5.93. The highest BCUT2D eigenvalue weighted by Gasteiger charge is 1.97. The van der Waals surface area contributed by atoms with E-state index < -0.39 is 0 Å². The summed E-state index contributed by atoms with van der Waals surface area (Å²) < 4.78 is 0. The van der Waals surface area contributed by atoms with E-state index >= 15 is 0 Å². The molecule has 3 heteroatoms. The topological polar surface area (TPSA) is 12.9 Å². The number of hydrogen-bond acceptors (Lipinski definition) is 1. The fraction of sp³-hybridized carbons (Fsp3) is 0. The lowest BCUT2D eigenvalue weighted by Crippen LogP contribution is -2.00. The summed E-state index contributed by atoms with van der Waals surface area (Å²) in [5.74, 6) is 0. The monoisotopic (exact) mass is 173 g/mol. The number of pyridine rings is 1. The molecule has 0 saturated carbocycles. The zero-order valence-corrected chi connectivity index (χ0v) is 7.05. The Morgan fingerprint density at radius 3 is 2.92 bits per heavy atom.